The summed E-state index contributed by atoms with van der Waals surface area (Å²) in [5, 5.41) is 4.19. The highest BCUT2D eigenvalue weighted by Gasteiger charge is 2.19. The van der Waals surface area contributed by atoms with Gasteiger partial charge in [0.15, 0.2) is 0 Å². The maximum atomic E-state index is 5.52. The fraction of sp³-hybridized carbons (Fsp3) is 0.682. The van der Waals surface area contributed by atoms with E-state index in [1.165, 1.54) is 45.1 Å². The molecule has 2 aromatic rings. The molecule has 7 nitrogen and oxygen atoms in total. The van der Waals surface area contributed by atoms with E-state index in [1.807, 2.05) is 6.20 Å². The summed E-state index contributed by atoms with van der Waals surface area (Å²) >= 11 is 0. The Balaban J connectivity index is 1.31. The van der Waals surface area contributed by atoms with E-state index in [1.54, 1.807) is 0 Å². The van der Waals surface area contributed by atoms with Crippen LogP contribution in [0.1, 0.15) is 51.3 Å². The molecule has 2 aliphatic rings. The van der Waals surface area contributed by atoms with Gasteiger partial charge in [0, 0.05) is 51.0 Å². The third-order valence-corrected chi connectivity index (χ3v) is 6.06. The van der Waals surface area contributed by atoms with Crippen LogP contribution in [0, 0.1) is 0 Å². The summed E-state index contributed by atoms with van der Waals surface area (Å²) in [6.07, 6.45) is 9.59. The summed E-state index contributed by atoms with van der Waals surface area (Å²) < 4.78 is 5.52. The lowest BCUT2D eigenvalue weighted by molar-refractivity contribution is 0.116. The SMILES string of the molecule is CCCCN1CCN(Cc2nc(-c3ccc(N4CCCCCC4)nc3)no2)CC1. The van der Waals surface area contributed by atoms with E-state index in [0.717, 1.165) is 57.2 Å². The molecular formula is C22H34N6O. The Morgan fingerprint density at radius 3 is 2.38 bits per heavy atom. The lowest BCUT2D eigenvalue weighted by Crippen LogP contribution is -2.46. The molecule has 0 bridgehead atoms. The largest absolute Gasteiger partial charge is 0.357 e. The van der Waals surface area contributed by atoms with E-state index in [0.29, 0.717) is 11.7 Å². The van der Waals surface area contributed by atoms with Crippen molar-refractivity contribution in [3.63, 3.8) is 0 Å². The third-order valence-electron chi connectivity index (χ3n) is 6.06. The second-order valence-electron chi connectivity index (χ2n) is 8.29. The molecule has 0 spiro atoms. The van der Waals surface area contributed by atoms with Crippen molar-refractivity contribution in [1.82, 2.24) is 24.9 Å². The van der Waals surface area contributed by atoms with E-state index in [-0.39, 0.29) is 0 Å². The van der Waals surface area contributed by atoms with Gasteiger partial charge in [-0.05, 0) is 37.9 Å². The van der Waals surface area contributed by atoms with E-state index < -0.39 is 0 Å². The molecule has 29 heavy (non-hydrogen) atoms. The van der Waals surface area contributed by atoms with Crippen molar-refractivity contribution in [3.8, 4) is 11.4 Å². The van der Waals surface area contributed by atoms with Gasteiger partial charge in [-0.15, -0.1) is 0 Å². The normalized spacial score (nSPS) is 19.4. The van der Waals surface area contributed by atoms with Crippen LogP contribution < -0.4 is 4.90 Å². The number of anilines is 1. The standard InChI is InChI=1S/C22H34N6O/c1-2-3-10-26-13-15-27(16-14-26)18-21-24-22(25-29-21)19-8-9-20(23-17-19)28-11-6-4-5-7-12-28/h8-9,17H,2-7,10-16,18H2,1H3. The van der Waals surface area contributed by atoms with Crippen molar-refractivity contribution < 1.29 is 4.52 Å². The Morgan fingerprint density at radius 2 is 1.69 bits per heavy atom. The van der Waals surface area contributed by atoms with Gasteiger partial charge in [-0.2, -0.15) is 4.98 Å². The molecule has 2 aliphatic heterocycles. The summed E-state index contributed by atoms with van der Waals surface area (Å²) in [5.41, 5.74) is 0.919. The molecule has 4 heterocycles. The first-order valence-electron chi connectivity index (χ1n) is 11.3. The highest BCUT2D eigenvalue weighted by atomic mass is 16.5. The predicted octanol–water partition coefficient (Wildman–Crippen LogP) is 3.43. The van der Waals surface area contributed by atoms with Crippen LogP contribution in [0.4, 0.5) is 5.82 Å². The lowest BCUT2D eigenvalue weighted by atomic mass is 10.2. The minimum atomic E-state index is 0.636. The molecule has 0 amide bonds. The molecule has 0 saturated carbocycles. The molecule has 0 aliphatic carbocycles. The minimum absolute atomic E-state index is 0.636. The van der Waals surface area contributed by atoms with Gasteiger partial charge in [0.05, 0.1) is 6.54 Å². The van der Waals surface area contributed by atoms with E-state index in [2.05, 4.69) is 48.9 Å². The Morgan fingerprint density at radius 1 is 0.931 bits per heavy atom. The van der Waals surface area contributed by atoms with Crippen molar-refractivity contribution in [1.29, 1.82) is 0 Å². The van der Waals surface area contributed by atoms with Crippen molar-refractivity contribution in [2.24, 2.45) is 0 Å². The van der Waals surface area contributed by atoms with Crippen molar-refractivity contribution in [2.75, 3.05) is 50.7 Å². The molecule has 0 N–H and O–H groups in total. The third kappa shape index (κ3) is 5.54. The zero-order valence-corrected chi connectivity index (χ0v) is 17.7. The fourth-order valence-corrected chi connectivity index (χ4v) is 4.19. The molecule has 4 rings (SSSR count). The van der Waals surface area contributed by atoms with Crippen LogP contribution in [0.25, 0.3) is 11.4 Å². The van der Waals surface area contributed by atoms with Crippen LogP contribution in [0.3, 0.4) is 0 Å². The van der Waals surface area contributed by atoms with E-state index in [9.17, 15) is 0 Å². The second kappa shape index (κ2) is 10.2. The first-order valence-corrected chi connectivity index (χ1v) is 11.3. The molecule has 2 saturated heterocycles. The van der Waals surface area contributed by atoms with Gasteiger partial charge >= 0.3 is 0 Å². The van der Waals surface area contributed by atoms with Gasteiger partial charge in [0.25, 0.3) is 0 Å². The second-order valence-corrected chi connectivity index (χ2v) is 8.29. The average molecular weight is 399 g/mol. The lowest BCUT2D eigenvalue weighted by Gasteiger charge is -2.33. The molecule has 158 valence electrons. The first kappa shape index (κ1) is 20.3. The zero-order valence-electron chi connectivity index (χ0n) is 17.7. The highest BCUT2D eigenvalue weighted by Crippen LogP contribution is 2.21. The number of hydrogen-bond acceptors (Lipinski definition) is 7. The number of rotatable bonds is 7. The number of piperazine rings is 1. The van der Waals surface area contributed by atoms with Gasteiger partial charge in [-0.3, -0.25) is 4.90 Å². The number of nitrogens with zero attached hydrogens (tertiary/aromatic N) is 6. The molecule has 0 aromatic carbocycles. The van der Waals surface area contributed by atoms with Gasteiger partial charge in [0.1, 0.15) is 5.82 Å². The number of pyridine rings is 1. The topological polar surface area (TPSA) is 61.5 Å². The predicted molar refractivity (Wildman–Crippen MR) is 115 cm³/mol. The number of hydrogen-bond donors (Lipinski definition) is 0. The quantitative estimate of drug-likeness (QED) is 0.708. The Hall–Kier alpha value is -1.99. The van der Waals surface area contributed by atoms with Crippen molar-refractivity contribution in [2.45, 2.75) is 52.0 Å². The van der Waals surface area contributed by atoms with Crippen LogP contribution in [-0.2, 0) is 6.54 Å². The average Bonchev–Trinajstić information content (AvgIpc) is 3.05. The molecule has 7 heteroatoms. The first-order chi connectivity index (χ1) is 14.3. The van der Waals surface area contributed by atoms with Crippen LogP contribution in [0.5, 0.6) is 0 Å². The van der Waals surface area contributed by atoms with E-state index >= 15 is 0 Å². The van der Waals surface area contributed by atoms with Crippen LogP contribution in [0.2, 0.25) is 0 Å². The molecule has 0 radical (unpaired) electrons. The molecule has 2 fully saturated rings. The van der Waals surface area contributed by atoms with Gasteiger partial charge < -0.3 is 14.3 Å². The van der Waals surface area contributed by atoms with Crippen LogP contribution >= 0.6 is 0 Å². The summed E-state index contributed by atoms with van der Waals surface area (Å²) in [7, 11) is 0. The van der Waals surface area contributed by atoms with Crippen LogP contribution in [-0.4, -0.2) is 70.7 Å². The maximum Gasteiger partial charge on any atom is 0.241 e. The molecular weight excluding hydrogens is 364 g/mol. The van der Waals surface area contributed by atoms with Gasteiger partial charge in [-0.1, -0.05) is 31.3 Å². The maximum absolute atomic E-state index is 5.52. The minimum Gasteiger partial charge on any atom is -0.357 e. The van der Waals surface area contributed by atoms with Gasteiger partial charge in [-0.25, -0.2) is 4.98 Å². The zero-order chi connectivity index (χ0) is 19.9. The summed E-state index contributed by atoms with van der Waals surface area (Å²) in [5.74, 6) is 2.38. The smallest absolute Gasteiger partial charge is 0.241 e. The summed E-state index contributed by atoms with van der Waals surface area (Å²) in [6, 6.07) is 4.15. The highest BCUT2D eigenvalue weighted by molar-refractivity contribution is 5.55. The number of unbranched alkanes of at least 4 members (excludes halogenated alkanes) is 1. The Labute approximate surface area is 174 Å². The number of aromatic nitrogens is 3. The Kier molecular flexibility index (Phi) is 7.11. The van der Waals surface area contributed by atoms with E-state index in [4.69, 9.17) is 4.52 Å². The summed E-state index contributed by atoms with van der Waals surface area (Å²) in [6.45, 7) is 10.8. The Bertz CT molecular complexity index is 730. The van der Waals surface area contributed by atoms with Crippen molar-refractivity contribution in [3.05, 3.63) is 24.2 Å². The fourth-order valence-electron chi connectivity index (χ4n) is 4.19. The molecule has 0 atom stereocenters. The molecule has 2 aromatic heterocycles. The van der Waals surface area contributed by atoms with Crippen LogP contribution in [0.15, 0.2) is 22.9 Å². The summed E-state index contributed by atoms with van der Waals surface area (Å²) in [4.78, 5) is 16.6. The monoisotopic (exact) mass is 398 g/mol. The van der Waals surface area contributed by atoms with Gasteiger partial charge in [0.2, 0.25) is 11.7 Å². The van der Waals surface area contributed by atoms with Crippen molar-refractivity contribution >= 4 is 5.82 Å². The molecule has 0 unspecified atom stereocenters.